The van der Waals surface area contributed by atoms with Crippen molar-refractivity contribution in [2.24, 2.45) is 11.7 Å². The zero-order chi connectivity index (χ0) is 10.0. The number of alkyl halides is 1. The van der Waals surface area contributed by atoms with Gasteiger partial charge in [-0.15, -0.1) is 0 Å². The van der Waals surface area contributed by atoms with Gasteiger partial charge in [0.1, 0.15) is 6.17 Å². The molecule has 2 atom stereocenters. The van der Waals surface area contributed by atoms with Crippen LogP contribution in [-0.2, 0) is 4.79 Å². The smallest absolute Gasteiger partial charge is 0.225 e. The molecule has 0 saturated carbocycles. The molecule has 0 aromatic rings. The summed E-state index contributed by atoms with van der Waals surface area (Å²) in [5.41, 5.74) is 5.50. The first-order valence-electron chi connectivity index (χ1n) is 4.70. The Morgan fingerprint density at radius 2 is 2.23 bits per heavy atom. The molecule has 2 unspecified atom stereocenters. The molecule has 1 heterocycles. The number of halogens is 1. The molecule has 0 aliphatic carbocycles. The second-order valence-corrected chi connectivity index (χ2v) is 3.91. The molecule has 0 aromatic carbocycles. The predicted octanol–water partition coefficient (Wildman–Crippen LogP) is 0.540. The van der Waals surface area contributed by atoms with Crippen LogP contribution in [0, 0.1) is 5.92 Å². The van der Waals surface area contributed by atoms with Crippen LogP contribution >= 0.6 is 0 Å². The highest BCUT2D eigenvalue weighted by Crippen LogP contribution is 2.14. The van der Waals surface area contributed by atoms with E-state index in [9.17, 15) is 9.18 Å². The fraction of sp³-hybridized carbons (Fsp3) is 0.889. The molecule has 1 rings (SSSR count). The number of hydrogen-bond donors (Lipinski definition) is 1. The van der Waals surface area contributed by atoms with Gasteiger partial charge in [0.25, 0.3) is 0 Å². The molecular weight excluding hydrogens is 171 g/mol. The third-order valence-electron chi connectivity index (χ3n) is 2.40. The van der Waals surface area contributed by atoms with E-state index in [-0.39, 0.29) is 18.4 Å². The van der Waals surface area contributed by atoms with Crippen LogP contribution in [0.2, 0.25) is 0 Å². The number of carbonyl (C=O) groups is 1. The van der Waals surface area contributed by atoms with E-state index in [1.165, 1.54) is 0 Å². The Bertz CT molecular complexity index is 196. The third-order valence-corrected chi connectivity index (χ3v) is 2.40. The molecule has 0 spiro atoms. The van der Waals surface area contributed by atoms with Crippen molar-refractivity contribution in [2.75, 3.05) is 13.1 Å². The molecule has 1 saturated heterocycles. The van der Waals surface area contributed by atoms with E-state index < -0.39 is 12.2 Å². The van der Waals surface area contributed by atoms with E-state index in [1.807, 2.05) is 13.8 Å². The van der Waals surface area contributed by atoms with Crippen molar-refractivity contribution in [1.82, 2.24) is 4.90 Å². The van der Waals surface area contributed by atoms with Gasteiger partial charge in [-0.25, -0.2) is 4.39 Å². The van der Waals surface area contributed by atoms with Crippen LogP contribution in [0.15, 0.2) is 0 Å². The van der Waals surface area contributed by atoms with Crippen LogP contribution in [0.3, 0.4) is 0 Å². The second kappa shape index (κ2) is 4.05. The molecule has 1 fully saturated rings. The van der Waals surface area contributed by atoms with Gasteiger partial charge < -0.3 is 10.6 Å². The standard InChI is InChI=1S/C9H17FN2O/c1-6(2)9(13)12-4-3-8(11)7(10)5-12/h6-8H,3-5,11H2,1-2H3. The molecule has 3 nitrogen and oxygen atoms in total. The minimum Gasteiger partial charge on any atom is -0.339 e. The normalized spacial score (nSPS) is 29.5. The van der Waals surface area contributed by atoms with E-state index in [4.69, 9.17) is 5.73 Å². The molecule has 2 N–H and O–H groups in total. The fourth-order valence-corrected chi connectivity index (χ4v) is 1.49. The van der Waals surface area contributed by atoms with Crippen molar-refractivity contribution in [3.05, 3.63) is 0 Å². The first-order chi connectivity index (χ1) is 6.02. The highest BCUT2D eigenvalue weighted by molar-refractivity contribution is 5.78. The van der Waals surface area contributed by atoms with Crippen molar-refractivity contribution in [1.29, 1.82) is 0 Å². The monoisotopic (exact) mass is 188 g/mol. The van der Waals surface area contributed by atoms with Gasteiger partial charge in [-0.05, 0) is 6.42 Å². The van der Waals surface area contributed by atoms with Crippen molar-refractivity contribution in [3.63, 3.8) is 0 Å². The van der Waals surface area contributed by atoms with E-state index in [0.717, 1.165) is 0 Å². The van der Waals surface area contributed by atoms with Gasteiger partial charge >= 0.3 is 0 Å². The van der Waals surface area contributed by atoms with Gasteiger partial charge in [0.2, 0.25) is 5.91 Å². The maximum Gasteiger partial charge on any atom is 0.225 e. The largest absolute Gasteiger partial charge is 0.339 e. The lowest BCUT2D eigenvalue weighted by atomic mass is 10.0. The Labute approximate surface area is 78.1 Å². The zero-order valence-electron chi connectivity index (χ0n) is 8.16. The number of nitrogens with two attached hydrogens (primary N) is 1. The van der Waals surface area contributed by atoms with Crippen molar-refractivity contribution >= 4 is 5.91 Å². The number of amides is 1. The summed E-state index contributed by atoms with van der Waals surface area (Å²) in [7, 11) is 0. The maximum atomic E-state index is 13.1. The lowest BCUT2D eigenvalue weighted by Crippen LogP contribution is -2.51. The molecule has 0 bridgehead atoms. The predicted molar refractivity (Wildman–Crippen MR) is 48.9 cm³/mol. The minimum absolute atomic E-state index is 0.0227. The van der Waals surface area contributed by atoms with Gasteiger partial charge in [0.05, 0.1) is 6.54 Å². The van der Waals surface area contributed by atoms with Crippen LogP contribution in [-0.4, -0.2) is 36.1 Å². The fourth-order valence-electron chi connectivity index (χ4n) is 1.49. The van der Waals surface area contributed by atoms with E-state index in [2.05, 4.69) is 0 Å². The third kappa shape index (κ3) is 2.40. The number of carbonyl (C=O) groups excluding carboxylic acids is 1. The van der Waals surface area contributed by atoms with Crippen molar-refractivity contribution in [3.8, 4) is 0 Å². The summed E-state index contributed by atoms with van der Waals surface area (Å²) in [5.74, 6) is -0.0314. The SMILES string of the molecule is CC(C)C(=O)N1CCC(N)C(F)C1. The Balaban J connectivity index is 2.50. The van der Waals surface area contributed by atoms with Gasteiger partial charge in [-0.3, -0.25) is 4.79 Å². The van der Waals surface area contributed by atoms with Crippen LogP contribution in [0.25, 0.3) is 0 Å². The Morgan fingerprint density at radius 3 is 2.69 bits per heavy atom. The number of hydrogen-bond acceptors (Lipinski definition) is 2. The van der Waals surface area contributed by atoms with Crippen molar-refractivity contribution < 1.29 is 9.18 Å². The first-order valence-corrected chi connectivity index (χ1v) is 4.70. The quantitative estimate of drug-likeness (QED) is 0.653. The summed E-state index contributed by atoms with van der Waals surface area (Å²) in [6.07, 6.45) is -0.490. The zero-order valence-corrected chi connectivity index (χ0v) is 8.16. The van der Waals surface area contributed by atoms with Crippen LogP contribution < -0.4 is 5.73 Å². The highest BCUT2D eigenvalue weighted by atomic mass is 19.1. The van der Waals surface area contributed by atoms with Gasteiger partial charge in [-0.1, -0.05) is 13.8 Å². The minimum atomic E-state index is -1.06. The molecule has 0 radical (unpaired) electrons. The molecule has 13 heavy (non-hydrogen) atoms. The van der Waals surface area contributed by atoms with Crippen molar-refractivity contribution in [2.45, 2.75) is 32.5 Å². The Hall–Kier alpha value is -0.640. The van der Waals surface area contributed by atoms with Crippen LogP contribution in [0.4, 0.5) is 4.39 Å². The average molecular weight is 188 g/mol. The molecule has 4 heteroatoms. The summed E-state index contributed by atoms with van der Waals surface area (Å²) >= 11 is 0. The van der Waals surface area contributed by atoms with Gasteiger partial charge in [-0.2, -0.15) is 0 Å². The Morgan fingerprint density at radius 1 is 1.62 bits per heavy atom. The number of piperidine rings is 1. The summed E-state index contributed by atoms with van der Waals surface area (Å²) in [6.45, 7) is 4.41. The highest BCUT2D eigenvalue weighted by Gasteiger charge is 2.29. The maximum absolute atomic E-state index is 13.1. The van der Waals surface area contributed by atoms with E-state index >= 15 is 0 Å². The van der Waals surface area contributed by atoms with E-state index in [0.29, 0.717) is 13.0 Å². The molecule has 1 aliphatic rings. The topological polar surface area (TPSA) is 46.3 Å². The molecule has 1 aliphatic heterocycles. The van der Waals surface area contributed by atoms with Gasteiger partial charge in [0.15, 0.2) is 0 Å². The molecule has 0 aromatic heterocycles. The second-order valence-electron chi connectivity index (χ2n) is 3.91. The lowest BCUT2D eigenvalue weighted by molar-refractivity contribution is -0.136. The number of likely N-dealkylation sites (tertiary alicyclic amines) is 1. The summed E-state index contributed by atoms with van der Waals surface area (Å²) < 4.78 is 13.1. The number of nitrogens with zero attached hydrogens (tertiary/aromatic N) is 1. The van der Waals surface area contributed by atoms with Crippen LogP contribution in [0.1, 0.15) is 20.3 Å². The van der Waals surface area contributed by atoms with Crippen LogP contribution in [0.5, 0.6) is 0 Å². The molecule has 76 valence electrons. The van der Waals surface area contributed by atoms with E-state index in [1.54, 1.807) is 4.90 Å². The summed E-state index contributed by atoms with van der Waals surface area (Å²) in [5, 5.41) is 0. The summed E-state index contributed by atoms with van der Waals surface area (Å²) in [4.78, 5) is 13.0. The average Bonchev–Trinajstić information content (AvgIpc) is 2.08. The summed E-state index contributed by atoms with van der Waals surface area (Å²) in [6, 6.07) is -0.392. The number of rotatable bonds is 1. The molecular formula is C9H17FN2O. The van der Waals surface area contributed by atoms with Gasteiger partial charge in [0, 0.05) is 18.5 Å². The molecule has 1 amide bonds. The Kier molecular flexibility index (Phi) is 3.25. The first kappa shape index (κ1) is 10.4. The lowest BCUT2D eigenvalue weighted by Gasteiger charge is -2.33.